The van der Waals surface area contributed by atoms with E-state index in [1.54, 1.807) is 11.8 Å². The SMILES string of the molecule is CCOC(=O)CSC1CC(C(C)C)CCC1NC. The fourth-order valence-corrected chi connectivity index (χ4v) is 3.98. The van der Waals surface area contributed by atoms with E-state index >= 15 is 0 Å². The smallest absolute Gasteiger partial charge is 0.315 e. The molecular formula is C14H27NO2S. The zero-order valence-corrected chi connectivity index (χ0v) is 12.9. The molecule has 0 radical (unpaired) electrons. The van der Waals surface area contributed by atoms with E-state index in [0.717, 1.165) is 11.8 Å². The van der Waals surface area contributed by atoms with Gasteiger partial charge in [0.25, 0.3) is 0 Å². The molecule has 0 spiro atoms. The molecule has 0 bridgehead atoms. The van der Waals surface area contributed by atoms with Gasteiger partial charge >= 0.3 is 5.97 Å². The van der Waals surface area contributed by atoms with Gasteiger partial charge in [0, 0.05) is 11.3 Å². The lowest BCUT2D eigenvalue weighted by Crippen LogP contribution is -2.42. The standard InChI is InChI=1S/C14H27NO2S/c1-5-17-14(16)9-18-13-8-11(10(2)3)6-7-12(13)15-4/h10-13,15H,5-9H2,1-4H3. The quantitative estimate of drug-likeness (QED) is 0.755. The third-order valence-corrected chi connectivity index (χ3v) is 5.22. The van der Waals surface area contributed by atoms with Crippen LogP contribution in [0.5, 0.6) is 0 Å². The average Bonchev–Trinajstić information content (AvgIpc) is 2.36. The Hall–Kier alpha value is -0.220. The number of ether oxygens (including phenoxy) is 1. The van der Waals surface area contributed by atoms with Gasteiger partial charge in [0.15, 0.2) is 0 Å². The Labute approximate surface area is 115 Å². The van der Waals surface area contributed by atoms with Crippen molar-refractivity contribution in [1.29, 1.82) is 0 Å². The van der Waals surface area contributed by atoms with Crippen molar-refractivity contribution in [1.82, 2.24) is 5.32 Å². The van der Waals surface area contributed by atoms with Gasteiger partial charge in [-0.25, -0.2) is 0 Å². The maximum Gasteiger partial charge on any atom is 0.315 e. The summed E-state index contributed by atoms with van der Waals surface area (Å²) in [4.78, 5) is 11.4. The molecule has 0 aromatic carbocycles. The summed E-state index contributed by atoms with van der Waals surface area (Å²) in [5.74, 6) is 1.95. The van der Waals surface area contributed by atoms with E-state index < -0.39 is 0 Å². The summed E-state index contributed by atoms with van der Waals surface area (Å²) in [6, 6.07) is 0.541. The zero-order valence-electron chi connectivity index (χ0n) is 12.1. The Morgan fingerprint density at radius 3 is 2.72 bits per heavy atom. The van der Waals surface area contributed by atoms with Gasteiger partial charge in [-0.15, -0.1) is 11.8 Å². The molecule has 1 fully saturated rings. The van der Waals surface area contributed by atoms with E-state index in [4.69, 9.17) is 4.74 Å². The predicted molar refractivity (Wildman–Crippen MR) is 77.9 cm³/mol. The number of carbonyl (C=O) groups excluding carboxylic acids is 1. The second kappa shape index (κ2) is 8.05. The molecule has 3 unspecified atom stereocenters. The van der Waals surface area contributed by atoms with Gasteiger partial charge in [0.05, 0.1) is 12.4 Å². The van der Waals surface area contributed by atoms with Crippen molar-refractivity contribution in [3.05, 3.63) is 0 Å². The second-order valence-electron chi connectivity index (χ2n) is 5.37. The van der Waals surface area contributed by atoms with Crippen LogP contribution in [-0.4, -0.2) is 36.7 Å². The maximum absolute atomic E-state index is 11.4. The van der Waals surface area contributed by atoms with E-state index in [0.29, 0.717) is 23.7 Å². The average molecular weight is 273 g/mol. The maximum atomic E-state index is 11.4. The van der Waals surface area contributed by atoms with Crippen LogP contribution in [0.3, 0.4) is 0 Å². The van der Waals surface area contributed by atoms with Crippen LogP contribution in [0.15, 0.2) is 0 Å². The van der Waals surface area contributed by atoms with Crippen molar-refractivity contribution in [3.8, 4) is 0 Å². The van der Waals surface area contributed by atoms with Gasteiger partial charge in [0.2, 0.25) is 0 Å². The van der Waals surface area contributed by atoms with Gasteiger partial charge in [-0.05, 0) is 45.1 Å². The van der Waals surface area contributed by atoms with Crippen LogP contribution < -0.4 is 5.32 Å². The fourth-order valence-electron chi connectivity index (χ4n) is 2.66. The van der Waals surface area contributed by atoms with Crippen LogP contribution in [0.1, 0.15) is 40.0 Å². The topological polar surface area (TPSA) is 38.3 Å². The highest BCUT2D eigenvalue weighted by Gasteiger charge is 2.31. The molecule has 1 saturated carbocycles. The second-order valence-corrected chi connectivity index (χ2v) is 6.59. The minimum atomic E-state index is -0.0796. The first-order chi connectivity index (χ1) is 8.58. The normalized spacial score (nSPS) is 28.4. The third-order valence-electron chi connectivity index (χ3n) is 3.87. The van der Waals surface area contributed by atoms with E-state index in [2.05, 4.69) is 19.2 Å². The van der Waals surface area contributed by atoms with Gasteiger partial charge in [-0.3, -0.25) is 4.79 Å². The summed E-state index contributed by atoms with van der Waals surface area (Å²) in [7, 11) is 2.03. The number of carbonyl (C=O) groups is 1. The molecule has 0 saturated heterocycles. The molecule has 3 nitrogen and oxygen atoms in total. The summed E-state index contributed by atoms with van der Waals surface area (Å²) >= 11 is 1.76. The number of thioether (sulfide) groups is 1. The molecule has 0 aromatic heterocycles. The van der Waals surface area contributed by atoms with Gasteiger partial charge in [-0.1, -0.05) is 13.8 Å². The number of esters is 1. The Morgan fingerprint density at radius 2 is 2.17 bits per heavy atom. The van der Waals surface area contributed by atoms with Crippen molar-refractivity contribution in [2.24, 2.45) is 11.8 Å². The van der Waals surface area contributed by atoms with Gasteiger partial charge in [0.1, 0.15) is 0 Å². The number of hydrogen-bond donors (Lipinski definition) is 1. The van der Waals surface area contributed by atoms with Crippen molar-refractivity contribution in [3.63, 3.8) is 0 Å². The van der Waals surface area contributed by atoms with Crippen LogP contribution >= 0.6 is 11.8 Å². The van der Waals surface area contributed by atoms with Crippen LogP contribution in [-0.2, 0) is 9.53 Å². The van der Waals surface area contributed by atoms with Crippen LogP contribution in [0.4, 0.5) is 0 Å². The molecule has 0 heterocycles. The summed E-state index contributed by atoms with van der Waals surface area (Å²) < 4.78 is 5.00. The van der Waals surface area contributed by atoms with Crippen molar-refractivity contribution in [2.75, 3.05) is 19.4 Å². The number of rotatable bonds is 6. The highest BCUT2D eigenvalue weighted by atomic mass is 32.2. The number of hydrogen-bond acceptors (Lipinski definition) is 4. The largest absolute Gasteiger partial charge is 0.465 e. The first kappa shape index (κ1) is 15.8. The predicted octanol–water partition coefficient (Wildman–Crippen LogP) is 2.70. The Bertz CT molecular complexity index is 258. The molecule has 0 aromatic rings. The molecule has 1 aliphatic carbocycles. The molecular weight excluding hydrogens is 246 g/mol. The van der Waals surface area contributed by atoms with E-state index in [-0.39, 0.29) is 5.97 Å². The van der Waals surface area contributed by atoms with Crippen molar-refractivity contribution < 1.29 is 9.53 Å². The summed E-state index contributed by atoms with van der Waals surface area (Å²) in [6.45, 7) is 6.94. The molecule has 18 heavy (non-hydrogen) atoms. The lowest BCUT2D eigenvalue weighted by atomic mass is 9.79. The molecule has 1 rings (SSSR count). The molecule has 106 valence electrons. The van der Waals surface area contributed by atoms with Crippen molar-refractivity contribution in [2.45, 2.75) is 51.3 Å². The highest BCUT2D eigenvalue weighted by Crippen LogP contribution is 2.36. The van der Waals surface area contributed by atoms with Crippen molar-refractivity contribution >= 4 is 17.7 Å². The Morgan fingerprint density at radius 1 is 1.44 bits per heavy atom. The lowest BCUT2D eigenvalue weighted by molar-refractivity contribution is -0.139. The van der Waals surface area contributed by atoms with Gasteiger partial charge < -0.3 is 10.1 Å². The van der Waals surface area contributed by atoms with Crippen LogP contribution in [0, 0.1) is 11.8 Å². The van der Waals surface area contributed by atoms with E-state index in [9.17, 15) is 4.79 Å². The Balaban J connectivity index is 2.45. The van der Waals surface area contributed by atoms with Crippen LogP contribution in [0.25, 0.3) is 0 Å². The summed E-state index contributed by atoms with van der Waals surface area (Å²) in [5.41, 5.74) is 0. The van der Waals surface area contributed by atoms with Gasteiger partial charge in [-0.2, -0.15) is 0 Å². The molecule has 0 amide bonds. The van der Waals surface area contributed by atoms with Crippen LogP contribution in [0.2, 0.25) is 0 Å². The monoisotopic (exact) mass is 273 g/mol. The Kier molecular flexibility index (Phi) is 7.08. The summed E-state index contributed by atoms with van der Waals surface area (Å²) in [5, 5.41) is 3.94. The molecule has 0 aliphatic heterocycles. The molecule has 1 aliphatic rings. The molecule has 1 N–H and O–H groups in total. The zero-order chi connectivity index (χ0) is 13.5. The number of nitrogens with one attached hydrogen (secondary N) is 1. The first-order valence-corrected chi connectivity index (χ1v) is 8.07. The van der Waals surface area contributed by atoms with E-state index in [1.165, 1.54) is 19.3 Å². The summed E-state index contributed by atoms with van der Waals surface area (Å²) in [6.07, 6.45) is 3.74. The first-order valence-electron chi connectivity index (χ1n) is 7.02. The minimum absolute atomic E-state index is 0.0796. The lowest BCUT2D eigenvalue weighted by Gasteiger charge is -2.37. The van der Waals surface area contributed by atoms with E-state index in [1.807, 2.05) is 14.0 Å². The fraction of sp³-hybridized carbons (Fsp3) is 0.929. The highest BCUT2D eigenvalue weighted by molar-refractivity contribution is 8.00. The third kappa shape index (κ3) is 4.81. The minimum Gasteiger partial charge on any atom is -0.465 e. The molecule has 4 heteroatoms. The molecule has 3 atom stereocenters.